The maximum atomic E-state index is 12.2. The molecule has 0 bridgehead atoms. The van der Waals surface area contributed by atoms with Gasteiger partial charge in [-0.2, -0.15) is 0 Å². The zero-order valence-electron chi connectivity index (χ0n) is 12.7. The van der Waals surface area contributed by atoms with Gasteiger partial charge >= 0.3 is 5.97 Å². The smallest absolute Gasteiger partial charge is 0.303 e. The highest BCUT2D eigenvalue weighted by Crippen LogP contribution is 2.30. The second-order valence-corrected chi connectivity index (χ2v) is 5.68. The maximum Gasteiger partial charge on any atom is 0.303 e. The minimum absolute atomic E-state index is 0.0682. The summed E-state index contributed by atoms with van der Waals surface area (Å²) in [6, 6.07) is 14.2. The minimum Gasteiger partial charge on any atom is -0.481 e. The number of carboxylic acids is 1. The van der Waals surface area contributed by atoms with Crippen LogP contribution in [0, 0.1) is 0 Å². The van der Waals surface area contributed by atoms with E-state index in [0.29, 0.717) is 34.4 Å². The van der Waals surface area contributed by atoms with Gasteiger partial charge in [0.1, 0.15) is 11.2 Å². The van der Waals surface area contributed by atoms with E-state index in [-0.39, 0.29) is 11.8 Å². The lowest BCUT2D eigenvalue weighted by atomic mass is 10.0. The molecular weight excluding hydrogens is 306 g/mol. The van der Waals surface area contributed by atoms with E-state index >= 15 is 0 Å². The van der Waals surface area contributed by atoms with Crippen LogP contribution in [0.25, 0.3) is 33.3 Å². The molecule has 0 amide bonds. The molecular formula is C19H13NO4. The molecule has 0 aromatic heterocycles. The van der Waals surface area contributed by atoms with Crippen LogP contribution in [0.5, 0.6) is 0 Å². The summed E-state index contributed by atoms with van der Waals surface area (Å²) in [4.78, 5) is 27.6. The van der Waals surface area contributed by atoms with Crippen molar-refractivity contribution < 1.29 is 14.3 Å². The number of aryl methyl sites for hydroxylation is 1. The van der Waals surface area contributed by atoms with Gasteiger partial charge in [-0.15, -0.1) is 0 Å². The predicted octanol–water partition coefficient (Wildman–Crippen LogP) is 3.46. The lowest BCUT2D eigenvalue weighted by molar-refractivity contribution is -0.136. The van der Waals surface area contributed by atoms with Gasteiger partial charge in [0, 0.05) is 23.3 Å². The molecule has 1 N–H and O–H groups in total. The highest BCUT2D eigenvalue weighted by atomic mass is 16.4. The van der Waals surface area contributed by atoms with Crippen molar-refractivity contribution in [2.75, 3.05) is 0 Å². The molecule has 1 aliphatic heterocycles. The molecule has 118 valence electrons. The van der Waals surface area contributed by atoms with Crippen molar-refractivity contribution in [3.8, 4) is 11.5 Å². The van der Waals surface area contributed by atoms with Crippen LogP contribution < -0.4 is 5.43 Å². The van der Waals surface area contributed by atoms with Crippen LogP contribution in [0.4, 0.5) is 0 Å². The van der Waals surface area contributed by atoms with Crippen LogP contribution in [0.3, 0.4) is 0 Å². The summed E-state index contributed by atoms with van der Waals surface area (Å²) in [5.41, 5.74) is 2.64. The van der Waals surface area contributed by atoms with Crippen LogP contribution in [0.15, 0.2) is 57.7 Å². The van der Waals surface area contributed by atoms with Gasteiger partial charge in [-0.25, -0.2) is 4.98 Å². The first-order valence-corrected chi connectivity index (χ1v) is 7.59. The molecule has 0 atom stereocenters. The fourth-order valence-electron chi connectivity index (χ4n) is 2.88. The summed E-state index contributed by atoms with van der Waals surface area (Å²) < 4.78 is 5.84. The maximum absolute atomic E-state index is 12.2. The molecule has 5 heteroatoms. The topological polar surface area (TPSA) is 80.4 Å². The Morgan fingerprint density at radius 3 is 2.67 bits per heavy atom. The second kappa shape index (κ2) is 5.45. The van der Waals surface area contributed by atoms with Crippen molar-refractivity contribution >= 4 is 27.8 Å². The Kier molecular flexibility index (Phi) is 3.27. The third kappa shape index (κ3) is 2.40. The molecule has 0 spiro atoms. The molecule has 0 radical (unpaired) electrons. The SMILES string of the molecule is O=C(O)CCc1ccc2oc3cc(=O)c4ccccc4c-3nc2c1. The number of rotatable bonds is 3. The molecule has 1 heterocycles. The molecule has 0 saturated carbocycles. The number of carbonyl (C=O) groups is 1. The molecule has 1 aliphatic carbocycles. The lowest BCUT2D eigenvalue weighted by Crippen LogP contribution is -2.04. The number of benzene rings is 3. The molecule has 0 unspecified atom stereocenters. The second-order valence-electron chi connectivity index (χ2n) is 5.68. The van der Waals surface area contributed by atoms with Gasteiger partial charge in [-0.05, 0) is 24.1 Å². The van der Waals surface area contributed by atoms with Crippen LogP contribution in [0.2, 0.25) is 0 Å². The van der Waals surface area contributed by atoms with E-state index in [2.05, 4.69) is 4.98 Å². The Bertz CT molecular complexity index is 1110. The fourth-order valence-corrected chi connectivity index (χ4v) is 2.88. The highest BCUT2D eigenvalue weighted by molar-refractivity contribution is 5.96. The number of nitrogens with zero attached hydrogens (tertiary/aromatic N) is 1. The van der Waals surface area contributed by atoms with Crippen molar-refractivity contribution in [3.05, 3.63) is 64.3 Å². The number of aromatic nitrogens is 1. The molecule has 4 rings (SSSR count). The molecule has 5 nitrogen and oxygen atoms in total. The van der Waals surface area contributed by atoms with Crippen LogP contribution in [-0.2, 0) is 11.2 Å². The number of fused-ring (bicyclic) bond motifs is 4. The quantitative estimate of drug-likeness (QED) is 0.462. The minimum atomic E-state index is -0.833. The highest BCUT2D eigenvalue weighted by Gasteiger charge is 2.15. The van der Waals surface area contributed by atoms with E-state index in [1.807, 2.05) is 30.3 Å². The fraction of sp³-hybridized carbons (Fsp3) is 0.105. The Hall–Kier alpha value is -3.21. The van der Waals surface area contributed by atoms with Crippen LogP contribution in [0.1, 0.15) is 12.0 Å². The van der Waals surface area contributed by atoms with Crippen molar-refractivity contribution in [2.45, 2.75) is 12.8 Å². The zero-order valence-corrected chi connectivity index (χ0v) is 12.7. The Labute approximate surface area is 136 Å². The molecule has 24 heavy (non-hydrogen) atoms. The van der Waals surface area contributed by atoms with Gasteiger partial charge < -0.3 is 9.52 Å². The molecule has 0 saturated heterocycles. The van der Waals surface area contributed by atoms with Gasteiger partial charge in [-0.1, -0.05) is 30.3 Å². The Morgan fingerprint density at radius 1 is 1.08 bits per heavy atom. The summed E-state index contributed by atoms with van der Waals surface area (Å²) >= 11 is 0. The van der Waals surface area contributed by atoms with Crippen molar-refractivity contribution in [1.82, 2.24) is 4.98 Å². The monoisotopic (exact) mass is 319 g/mol. The van der Waals surface area contributed by atoms with Gasteiger partial charge in [-0.3, -0.25) is 9.59 Å². The normalized spacial score (nSPS) is 11.3. The predicted molar refractivity (Wildman–Crippen MR) is 90.4 cm³/mol. The zero-order chi connectivity index (χ0) is 16.7. The Balaban J connectivity index is 1.96. The number of aliphatic carboxylic acids is 1. The van der Waals surface area contributed by atoms with E-state index in [1.54, 1.807) is 12.1 Å². The first-order chi connectivity index (χ1) is 11.6. The number of hydrogen-bond donors (Lipinski definition) is 1. The average Bonchev–Trinajstić information content (AvgIpc) is 2.59. The molecule has 2 aliphatic rings. The molecule has 2 aromatic rings. The Morgan fingerprint density at radius 2 is 1.88 bits per heavy atom. The van der Waals surface area contributed by atoms with Gasteiger partial charge in [0.05, 0.1) is 0 Å². The average molecular weight is 319 g/mol. The molecule has 0 fully saturated rings. The lowest BCUT2D eigenvalue weighted by Gasteiger charge is -2.10. The standard InChI is InChI=1S/C19H13NO4/c21-15-10-17-19(13-4-2-1-3-12(13)15)20-14-9-11(6-8-18(22)23)5-7-16(14)24-17/h1-5,7,9-10H,6,8H2,(H,22,23). The van der Waals surface area contributed by atoms with E-state index in [9.17, 15) is 9.59 Å². The van der Waals surface area contributed by atoms with E-state index in [1.165, 1.54) is 6.07 Å². The summed E-state index contributed by atoms with van der Waals surface area (Å²) in [7, 11) is 0. The van der Waals surface area contributed by atoms with E-state index < -0.39 is 5.97 Å². The van der Waals surface area contributed by atoms with Crippen LogP contribution >= 0.6 is 0 Å². The van der Waals surface area contributed by atoms with E-state index in [0.717, 1.165) is 10.9 Å². The summed E-state index contributed by atoms with van der Waals surface area (Å²) in [5, 5.41) is 10.2. The summed E-state index contributed by atoms with van der Waals surface area (Å²) in [6.07, 6.45) is 0.504. The van der Waals surface area contributed by atoms with E-state index in [4.69, 9.17) is 9.52 Å². The third-order valence-corrected chi connectivity index (χ3v) is 4.05. The first-order valence-electron chi connectivity index (χ1n) is 7.59. The van der Waals surface area contributed by atoms with Gasteiger partial charge in [0.25, 0.3) is 0 Å². The van der Waals surface area contributed by atoms with Gasteiger partial charge in [0.2, 0.25) is 0 Å². The van der Waals surface area contributed by atoms with Crippen molar-refractivity contribution in [1.29, 1.82) is 0 Å². The van der Waals surface area contributed by atoms with Crippen LogP contribution in [-0.4, -0.2) is 16.1 Å². The molecule has 2 aromatic carbocycles. The van der Waals surface area contributed by atoms with Crippen molar-refractivity contribution in [2.24, 2.45) is 0 Å². The number of hydrogen-bond acceptors (Lipinski definition) is 4. The largest absolute Gasteiger partial charge is 0.481 e. The summed E-state index contributed by atoms with van der Waals surface area (Å²) in [5.74, 6) is -0.385. The number of carboxylic acid groups (broad SMARTS) is 1. The third-order valence-electron chi connectivity index (χ3n) is 4.05. The summed E-state index contributed by atoms with van der Waals surface area (Å²) in [6.45, 7) is 0. The first kappa shape index (κ1) is 14.4. The van der Waals surface area contributed by atoms with Gasteiger partial charge in [0.15, 0.2) is 16.8 Å². The van der Waals surface area contributed by atoms with Crippen molar-refractivity contribution in [3.63, 3.8) is 0 Å².